The zero-order valence-corrected chi connectivity index (χ0v) is 13.3. The van der Waals surface area contributed by atoms with Crippen LogP contribution in [0.5, 0.6) is 0 Å². The quantitative estimate of drug-likeness (QED) is 0.569. The van der Waals surface area contributed by atoms with Gasteiger partial charge in [-0.15, -0.1) is 0 Å². The van der Waals surface area contributed by atoms with Gasteiger partial charge in [-0.1, -0.05) is 61.7 Å². The van der Waals surface area contributed by atoms with Crippen molar-refractivity contribution in [3.8, 4) is 0 Å². The summed E-state index contributed by atoms with van der Waals surface area (Å²) in [6.45, 7) is 0. The van der Waals surface area contributed by atoms with Gasteiger partial charge in [0.15, 0.2) is 0 Å². The molecule has 18 heavy (non-hydrogen) atoms. The van der Waals surface area contributed by atoms with E-state index in [9.17, 15) is 4.39 Å². The lowest BCUT2D eigenvalue weighted by Gasteiger charge is -2.13. The topological polar surface area (TPSA) is 0 Å². The highest BCUT2D eigenvalue weighted by Crippen LogP contribution is 2.34. The molecule has 0 saturated carbocycles. The molecule has 0 bridgehead atoms. The molecule has 94 valence electrons. The van der Waals surface area contributed by atoms with E-state index in [1.54, 1.807) is 12.1 Å². The molecule has 0 aromatic heterocycles. The van der Waals surface area contributed by atoms with E-state index in [2.05, 4.69) is 31.9 Å². The first-order valence-electron chi connectivity index (χ1n) is 5.40. The zero-order chi connectivity index (χ0) is 13.1. The molecule has 2 rings (SSSR count). The molecule has 1 unspecified atom stereocenters. The molecule has 0 heterocycles. The van der Waals surface area contributed by atoms with Crippen molar-refractivity contribution in [1.29, 1.82) is 0 Å². The molecule has 0 aliphatic rings. The van der Waals surface area contributed by atoms with Crippen molar-refractivity contribution in [1.82, 2.24) is 0 Å². The largest absolute Gasteiger partial charge is 0.207 e. The molecule has 0 amide bonds. The Kier molecular flexibility index (Phi) is 4.82. The van der Waals surface area contributed by atoms with Crippen LogP contribution in [-0.4, -0.2) is 0 Å². The number of hydrogen-bond acceptors (Lipinski definition) is 0. The van der Waals surface area contributed by atoms with Crippen LogP contribution in [0.3, 0.4) is 0 Å². The van der Waals surface area contributed by atoms with Crippen molar-refractivity contribution in [3.05, 3.63) is 68.9 Å². The van der Waals surface area contributed by atoms with Crippen molar-refractivity contribution in [2.75, 3.05) is 0 Å². The summed E-state index contributed by atoms with van der Waals surface area (Å²) in [6, 6.07) is 12.7. The van der Waals surface area contributed by atoms with E-state index < -0.39 is 0 Å². The monoisotopic (exact) mass is 390 g/mol. The van der Waals surface area contributed by atoms with Gasteiger partial charge in [0.2, 0.25) is 0 Å². The summed E-state index contributed by atoms with van der Waals surface area (Å²) in [5.41, 5.74) is 1.64. The van der Waals surface area contributed by atoms with Gasteiger partial charge in [0.1, 0.15) is 5.82 Å². The SMILES string of the molecule is Fc1cccc(Cl)c1C(Br)Cc1ccc(Br)cc1. The maximum Gasteiger partial charge on any atom is 0.129 e. The maximum atomic E-state index is 13.7. The molecule has 0 fully saturated rings. The minimum Gasteiger partial charge on any atom is -0.207 e. The van der Waals surface area contributed by atoms with Crippen LogP contribution in [-0.2, 0) is 6.42 Å². The van der Waals surface area contributed by atoms with E-state index in [4.69, 9.17) is 11.6 Å². The molecule has 1 atom stereocenters. The van der Waals surface area contributed by atoms with E-state index in [0.29, 0.717) is 17.0 Å². The third kappa shape index (κ3) is 3.34. The van der Waals surface area contributed by atoms with Crippen molar-refractivity contribution in [2.45, 2.75) is 11.2 Å². The summed E-state index contributed by atoms with van der Waals surface area (Å²) in [4.78, 5) is -0.132. The van der Waals surface area contributed by atoms with E-state index in [-0.39, 0.29) is 10.6 Å². The Morgan fingerprint density at radius 3 is 2.39 bits per heavy atom. The highest BCUT2D eigenvalue weighted by molar-refractivity contribution is 9.10. The number of hydrogen-bond donors (Lipinski definition) is 0. The summed E-state index contributed by atoms with van der Waals surface area (Å²) in [7, 11) is 0. The number of benzene rings is 2. The normalized spacial score (nSPS) is 12.4. The summed E-state index contributed by atoms with van der Waals surface area (Å²) in [5.74, 6) is -0.276. The molecule has 0 spiro atoms. The molecule has 4 heteroatoms. The van der Waals surface area contributed by atoms with E-state index >= 15 is 0 Å². The Balaban J connectivity index is 2.22. The van der Waals surface area contributed by atoms with Gasteiger partial charge in [-0.3, -0.25) is 0 Å². The predicted octanol–water partition coefficient (Wildman–Crippen LogP) is 5.92. The third-order valence-corrected chi connectivity index (χ3v) is 4.28. The van der Waals surface area contributed by atoms with E-state index in [0.717, 1.165) is 10.0 Å². The van der Waals surface area contributed by atoms with E-state index in [1.165, 1.54) is 6.07 Å². The fraction of sp³-hybridized carbons (Fsp3) is 0.143. The van der Waals surface area contributed by atoms with Crippen LogP contribution in [0.15, 0.2) is 46.9 Å². The lowest BCUT2D eigenvalue weighted by atomic mass is 10.0. The smallest absolute Gasteiger partial charge is 0.129 e. The second kappa shape index (κ2) is 6.18. The minimum atomic E-state index is -0.276. The Morgan fingerprint density at radius 2 is 1.78 bits per heavy atom. The van der Waals surface area contributed by atoms with Crippen molar-refractivity contribution >= 4 is 43.5 Å². The molecule has 0 radical (unpaired) electrons. The second-order valence-corrected chi connectivity index (χ2v) is 6.36. The Hall–Kier alpha value is -0.380. The van der Waals surface area contributed by atoms with Gasteiger partial charge in [-0.25, -0.2) is 4.39 Å². The predicted molar refractivity (Wildman–Crippen MR) is 80.9 cm³/mol. The summed E-state index contributed by atoms with van der Waals surface area (Å²) < 4.78 is 14.8. The van der Waals surface area contributed by atoms with E-state index in [1.807, 2.05) is 24.3 Å². The minimum absolute atomic E-state index is 0.132. The van der Waals surface area contributed by atoms with Gasteiger partial charge < -0.3 is 0 Å². The molecule has 0 aliphatic carbocycles. The van der Waals surface area contributed by atoms with Crippen LogP contribution in [0.4, 0.5) is 4.39 Å². The first kappa shape index (κ1) is 14.0. The lowest BCUT2D eigenvalue weighted by Crippen LogP contribution is -1.99. The maximum absolute atomic E-state index is 13.7. The molecule has 2 aromatic carbocycles. The third-order valence-electron chi connectivity index (χ3n) is 2.64. The van der Waals surface area contributed by atoms with Crippen molar-refractivity contribution in [2.24, 2.45) is 0 Å². The first-order valence-corrected chi connectivity index (χ1v) is 7.49. The molecule has 2 aromatic rings. The van der Waals surface area contributed by atoms with Crippen LogP contribution in [0, 0.1) is 5.82 Å². The molecule has 0 saturated heterocycles. The number of halogens is 4. The first-order chi connectivity index (χ1) is 8.58. The molecule has 0 nitrogen and oxygen atoms in total. The van der Waals surface area contributed by atoms with Gasteiger partial charge in [-0.05, 0) is 36.2 Å². The average Bonchev–Trinajstić information content (AvgIpc) is 2.32. The Morgan fingerprint density at radius 1 is 1.11 bits per heavy atom. The van der Waals surface area contributed by atoms with Crippen molar-refractivity contribution < 1.29 is 4.39 Å². The van der Waals surface area contributed by atoms with Gasteiger partial charge in [0.25, 0.3) is 0 Å². The summed E-state index contributed by atoms with van der Waals surface area (Å²) in [5, 5.41) is 0.453. The van der Waals surface area contributed by atoms with Crippen LogP contribution < -0.4 is 0 Å². The van der Waals surface area contributed by atoms with Crippen molar-refractivity contribution in [3.63, 3.8) is 0 Å². The highest BCUT2D eigenvalue weighted by Gasteiger charge is 2.16. The molecular formula is C14H10Br2ClF. The standard InChI is InChI=1S/C14H10Br2ClF/c15-10-6-4-9(5-7-10)8-11(16)14-12(17)2-1-3-13(14)18/h1-7,11H,8H2. The molecule has 0 aliphatic heterocycles. The number of alkyl halides is 1. The average molecular weight is 392 g/mol. The van der Waals surface area contributed by atoms with Gasteiger partial charge in [-0.2, -0.15) is 0 Å². The lowest BCUT2D eigenvalue weighted by molar-refractivity contribution is 0.608. The van der Waals surface area contributed by atoms with Crippen LogP contribution in [0.2, 0.25) is 5.02 Å². The second-order valence-electron chi connectivity index (χ2n) is 3.93. The van der Waals surface area contributed by atoms with Gasteiger partial charge in [0, 0.05) is 19.9 Å². The van der Waals surface area contributed by atoms with Gasteiger partial charge >= 0.3 is 0 Å². The van der Waals surface area contributed by atoms with Crippen LogP contribution in [0.1, 0.15) is 16.0 Å². The zero-order valence-electron chi connectivity index (χ0n) is 9.34. The van der Waals surface area contributed by atoms with Crippen LogP contribution >= 0.6 is 43.5 Å². The van der Waals surface area contributed by atoms with Crippen LogP contribution in [0.25, 0.3) is 0 Å². The highest BCUT2D eigenvalue weighted by atomic mass is 79.9. The Bertz CT molecular complexity index is 520. The molecular weight excluding hydrogens is 382 g/mol. The fourth-order valence-corrected chi connectivity index (χ4v) is 3.27. The number of rotatable bonds is 3. The fourth-order valence-electron chi connectivity index (χ4n) is 1.74. The Labute approximate surface area is 127 Å². The summed E-state index contributed by atoms with van der Waals surface area (Å²) >= 11 is 12.9. The molecule has 0 N–H and O–H groups in total. The summed E-state index contributed by atoms with van der Waals surface area (Å²) in [6.07, 6.45) is 0.688. The van der Waals surface area contributed by atoms with Gasteiger partial charge in [0.05, 0.1) is 0 Å².